The van der Waals surface area contributed by atoms with Crippen molar-refractivity contribution in [2.45, 2.75) is 25.6 Å². The molecular weight excluding hydrogens is 291 g/mol. The number of hydrogen-bond donors (Lipinski definition) is 2. The van der Waals surface area contributed by atoms with Crippen LogP contribution in [0.5, 0.6) is 0 Å². The second kappa shape index (κ2) is 7.68. The lowest BCUT2D eigenvalue weighted by molar-refractivity contribution is 0.104. The van der Waals surface area contributed by atoms with E-state index in [0.717, 1.165) is 25.1 Å². The predicted molar refractivity (Wildman–Crippen MR) is 89.5 cm³/mol. The van der Waals surface area contributed by atoms with E-state index in [1.54, 1.807) is 12.1 Å². The van der Waals surface area contributed by atoms with Crippen LogP contribution in [-0.2, 0) is 19.5 Å². The normalized spacial score (nSPS) is 16.1. The molecule has 0 fully saturated rings. The van der Waals surface area contributed by atoms with Crippen LogP contribution in [0.4, 0.5) is 4.39 Å². The Morgan fingerprint density at radius 1 is 1.09 bits per heavy atom. The maximum absolute atomic E-state index is 12.8. The van der Waals surface area contributed by atoms with Crippen molar-refractivity contribution < 1.29 is 9.50 Å². The van der Waals surface area contributed by atoms with Gasteiger partial charge in [-0.25, -0.2) is 4.39 Å². The molecule has 23 heavy (non-hydrogen) atoms. The molecule has 1 aliphatic rings. The van der Waals surface area contributed by atoms with Crippen molar-refractivity contribution >= 4 is 0 Å². The lowest BCUT2D eigenvalue weighted by atomic mass is 10.00. The zero-order valence-electron chi connectivity index (χ0n) is 13.2. The summed E-state index contributed by atoms with van der Waals surface area (Å²) in [7, 11) is 0. The Balaban J connectivity index is 1.41. The van der Waals surface area contributed by atoms with E-state index in [2.05, 4.69) is 34.5 Å². The van der Waals surface area contributed by atoms with Crippen molar-refractivity contribution in [1.29, 1.82) is 0 Å². The average Bonchev–Trinajstić information content (AvgIpc) is 2.56. The van der Waals surface area contributed by atoms with E-state index in [4.69, 9.17) is 0 Å². The lowest BCUT2D eigenvalue weighted by Gasteiger charge is -2.30. The number of β-amino-alcohol motifs (C(OH)–C–C–N with tert-alkyl or cyclic N) is 1. The van der Waals surface area contributed by atoms with Crippen molar-refractivity contribution in [2.24, 2.45) is 0 Å². The highest BCUT2D eigenvalue weighted by molar-refractivity contribution is 5.29. The maximum Gasteiger partial charge on any atom is 0.123 e. The van der Waals surface area contributed by atoms with Gasteiger partial charge in [-0.15, -0.1) is 0 Å². The van der Waals surface area contributed by atoms with Gasteiger partial charge in [-0.2, -0.15) is 0 Å². The molecule has 3 nitrogen and oxygen atoms in total. The third-order valence-electron chi connectivity index (χ3n) is 4.30. The fourth-order valence-electron chi connectivity index (χ4n) is 3.06. The Hall–Kier alpha value is -1.75. The van der Waals surface area contributed by atoms with Gasteiger partial charge < -0.3 is 10.4 Å². The van der Waals surface area contributed by atoms with Crippen LogP contribution in [0.15, 0.2) is 48.5 Å². The number of benzene rings is 2. The highest BCUT2D eigenvalue weighted by Gasteiger charge is 2.18. The molecule has 3 rings (SSSR count). The maximum atomic E-state index is 12.8. The number of hydrogen-bond acceptors (Lipinski definition) is 3. The fourth-order valence-corrected chi connectivity index (χ4v) is 3.06. The molecule has 0 bridgehead atoms. The van der Waals surface area contributed by atoms with E-state index < -0.39 is 6.10 Å². The number of nitrogens with zero attached hydrogens (tertiary/aromatic N) is 1. The minimum absolute atomic E-state index is 0.223. The van der Waals surface area contributed by atoms with Gasteiger partial charge in [0, 0.05) is 32.7 Å². The summed E-state index contributed by atoms with van der Waals surface area (Å²) in [6.07, 6.45) is 0.645. The van der Waals surface area contributed by atoms with Gasteiger partial charge in [-0.3, -0.25) is 4.90 Å². The van der Waals surface area contributed by atoms with Crippen LogP contribution in [0.3, 0.4) is 0 Å². The molecule has 2 aromatic carbocycles. The molecule has 0 radical (unpaired) electrons. The van der Waals surface area contributed by atoms with Gasteiger partial charge in [0.1, 0.15) is 5.82 Å². The van der Waals surface area contributed by atoms with Crippen LogP contribution in [0.1, 0.15) is 16.7 Å². The molecule has 122 valence electrons. The third kappa shape index (κ3) is 4.61. The summed E-state index contributed by atoms with van der Waals surface area (Å²) >= 11 is 0. The van der Waals surface area contributed by atoms with Crippen molar-refractivity contribution in [2.75, 3.05) is 19.6 Å². The summed E-state index contributed by atoms with van der Waals surface area (Å²) in [4.78, 5) is 2.30. The molecule has 1 heterocycles. The highest BCUT2D eigenvalue weighted by atomic mass is 19.1. The Bertz CT molecular complexity index is 630. The molecule has 1 atom stereocenters. The minimum atomic E-state index is -0.402. The molecular formula is C19H23FN2O. The first kappa shape index (κ1) is 16.1. The SMILES string of the molecule is OC(CNCc1ccc(F)cc1)CN1CCc2ccccc2C1. The average molecular weight is 314 g/mol. The summed E-state index contributed by atoms with van der Waals surface area (Å²) < 4.78 is 12.8. The lowest BCUT2D eigenvalue weighted by Crippen LogP contribution is -2.40. The molecule has 1 unspecified atom stereocenters. The number of fused-ring (bicyclic) bond motifs is 1. The molecule has 0 spiro atoms. The summed E-state index contributed by atoms with van der Waals surface area (Å²) in [6, 6.07) is 14.9. The molecule has 0 aliphatic carbocycles. The Morgan fingerprint density at radius 2 is 1.83 bits per heavy atom. The number of nitrogens with one attached hydrogen (secondary N) is 1. The van der Waals surface area contributed by atoms with Crippen LogP contribution in [0, 0.1) is 5.82 Å². The van der Waals surface area contributed by atoms with Crippen LogP contribution < -0.4 is 5.32 Å². The van der Waals surface area contributed by atoms with Crippen molar-refractivity contribution in [1.82, 2.24) is 10.2 Å². The van der Waals surface area contributed by atoms with E-state index >= 15 is 0 Å². The first-order valence-corrected chi connectivity index (χ1v) is 8.13. The predicted octanol–water partition coefficient (Wildman–Crippen LogP) is 2.33. The Labute approximate surface area is 136 Å². The second-order valence-electron chi connectivity index (χ2n) is 6.17. The largest absolute Gasteiger partial charge is 0.390 e. The third-order valence-corrected chi connectivity index (χ3v) is 4.30. The van der Waals surface area contributed by atoms with Crippen LogP contribution in [0.2, 0.25) is 0 Å². The molecule has 0 saturated heterocycles. The van der Waals surface area contributed by atoms with Gasteiger partial charge in [0.15, 0.2) is 0 Å². The van der Waals surface area contributed by atoms with Gasteiger partial charge in [-0.05, 0) is 35.2 Å². The van der Waals surface area contributed by atoms with E-state index in [1.807, 2.05) is 0 Å². The van der Waals surface area contributed by atoms with Crippen LogP contribution >= 0.6 is 0 Å². The van der Waals surface area contributed by atoms with Crippen molar-refractivity contribution in [3.05, 3.63) is 71.0 Å². The van der Waals surface area contributed by atoms with E-state index in [1.165, 1.54) is 23.3 Å². The first-order chi connectivity index (χ1) is 11.2. The van der Waals surface area contributed by atoms with Gasteiger partial charge in [0.05, 0.1) is 6.10 Å². The summed E-state index contributed by atoms with van der Waals surface area (Å²) in [5.74, 6) is -0.223. The Kier molecular flexibility index (Phi) is 5.39. The first-order valence-electron chi connectivity index (χ1n) is 8.13. The molecule has 4 heteroatoms. The van der Waals surface area contributed by atoms with Crippen LogP contribution in [0.25, 0.3) is 0 Å². The number of aliphatic hydroxyl groups is 1. The van der Waals surface area contributed by atoms with Crippen LogP contribution in [-0.4, -0.2) is 35.7 Å². The number of aliphatic hydroxyl groups excluding tert-OH is 1. The number of rotatable bonds is 6. The topological polar surface area (TPSA) is 35.5 Å². The summed E-state index contributed by atoms with van der Waals surface area (Å²) in [5.41, 5.74) is 3.81. The fraction of sp³-hybridized carbons (Fsp3) is 0.368. The summed E-state index contributed by atoms with van der Waals surface area (Å²) in [6.45, 7) is 3.75. The minimum Gasteiger partial charge on any atom is -0.390 e. The number of halogens is 1. The second-order valence-corrected chi connectivity index (χ2v) is 6.17. The Morgan fingerprint density at radius 3 is 2.61 bits per heavy atom. The van der Waals surface area contributed by atoms with Gasteiger partial charge in [0.25, 0.3) is 0 Å². The van der Waals surface area contributed by atoms with E-state index in [-0.39, 0.29) is 5.82 Å². The standard InChI is InChI=1S/C19H23FN2O/c20-18-7-5-15(6-8-18)11-21-12-19(23)14-22-10-9-16-3-1-2-4-17(16)13-22/h1-8,19,21,23H,9-14H2. The zero-order valence-corrected chi connectivity index (χ0v) is 13.2. The molecule has 2 aromatic rings. The molecule has 2 N–H and O–H groups in total. The highest BCUT2D eigenvalue weighted by Crippen LogP contribution is 2.18. The van der Waals surface area contributed by atoms with Gasteiger partial charge >= 0.3 is 0 Å². The smallest absolute Gasteiger partial charge is 0.123 e. The monoisotopic (exact) mass is 314 g/mol. The molecule has 0 saturated carbocycles. The van der Waals surface area contributed by atoms with Gasteiger partial charge in [0.2, 0.25) is 0 Å². The molecule has 1 aliphatic heterocycles. The van der Waals surface area contributed by atoms with Gasteiger partial charge in [-0.1, -0.05) is 36.4 Å². The molecule has 0 amide bonds. The zero-order chi connectivity index (χ0) is 16.1. The van der Waals surface area contributed by atoms with Crippen molar-refractivity contribution in [3.63, 3.8) is 0 Å². The summed E-state index contributed by atoms with van der Waals surface area (Å²) in [5, 5.41) is 13.4. The molecule has 0 aromatic heterocycles. The van der Waals surface area contributed by atoms with E-state index in [0.29, 0.717) is 19.6 Å². The van der Waals surface area contributed by atoms with E-state index in [9.17, 15) is 9.50 Å². The van der Waals surface area contributed by atoms with Crippen molar-refractivity contribution in [3.8, 4) is 0 Å². The quantitative estimate of drug-likeness (QED) is 0.859.